The Kier molecular flexibility index (Phi) is 5.47. The molecular formula is C17H22N4O. The highest BCUT2D eigenvalue weighted by Crippen LogP contribution is 2.17. The van der Waals surface area contributed by atoms with Crippen LogP contribution in [0.2, 0.25) is 0 Å². The molecule has 0 aliphatic heterocycles. The van der Waals surface area contributed by atoms with E-state index in [9.17, 15) is 4.79 Å². The summed E-state index contributed by atoms with van der Waals surface area (Å²) in [7, 11) is 0. The smallest absolute Gasteiger partial charge is 0.224 e. The SMILES string of the molecule is CC(=O)c1cccc(Nc2ccnc(NCCC(C)C)n2)c1. The fraction of sp³-hybridized carbons (Fsp3) is 0.353. The van der Waals surface area contributed by atoms with Gasteiger partial charge in [0, 0.05) is 24.0 Å². The van der Waals surface area contributed by atoms with Crippen LogP contribution < -0.4 is 10.6 Å². The molecule has 1 aromatic carbocycles. The molecule has 2 N–H and O–H groups in total. The van der Waals surface area contributed by atoms with Gasteiger partial charge in [-0.15, -0.1) is 0 Å². The first-order valence-corrected chi connectivity index (χ1v) is 7.49. The maximum absolute atomic E-state index is 11.4. The van der Waals surface area contributed by atoms with Crippen LogP contribution in [-0.2, 0) is 0 Å². The summed E-state index contributed by atoms with van der Waals surface area (Å²) in [5.41, 5.74) is 1.51. The largest absolute Gasteiger partial charge is 0.354 e. The van der Waals surface area contributed by atoms with Gasteiger partial charge in [-0.25, -0.2) is 4.98 Å². The molecule has 1 aromatic heterocycles. The Labute approximate surface area is 131 Å². The summed E-state index contributed by atoms with van der Waals surface area (Å²) in [6.07, 6.45) is 2.78. The molecule has 2 aromatic rings. The number of ketones is 1. The van der Waals surface area contributed by atoms with Crippen LogP contribution in [0, 0.1) is 5.92 Å². The molecule has 0 unspecified atom stereocenters. The Morgan fingerprint density at radius 3 is 2.82 bits per heavy atom. The number of nitrogens with one attached hydrogen (secondary N) is 2. The van der Waals surface area contributed by atoms with Gasteiger partial charge >= 0.3 is 0 Å². The molecule has 0 fully saturated rings. The van der Waals surface area contributed by atoms with Gasteiger partial charge in [-0.2, -0.15) is 4.98 Å². The predicted octanol–water partition coefficient (Wildman–Crippen LogP) is 3.88. The van der Waals surface area contributed by atoms with Crippen molar-refractivity contribution in [2.45, 2.75) is 27.2 Å². The molecule has 0 radical (unpaired) electrons. The van der Waals surface area contributed by atoms with Gasteiger partial charge in [0.1, 0.15) is 5.82 Å². The monoisotopic (exact) mass is 298 g/mol. The molecule has 0 spiro atoms. The van der Waals surface area contributed by atoms with Gasteiger partial charge in [0.2, 0.25) is 5.95 Å². The maximum Gasteiger partial charge on any atom is 0.224 e. The number of anilines is 3. The molecule has 22 heavy (non-hydrogen) atoms. The molecular weight excluding hydrogens is 276 g/mol. The third-order valence-corrected chi connectivity index (χ3v) is 3.20. The van der Waals surface area contributed by atoms with E-state index in [1.807, 2.05) is 18.2 Å². The second-order valence-electron chi connectivity index (χ2n) is 5.64. The Morgan fingerprint density at radius 1 is 1.27 bits per heavy atom. The quantitative estimate of drug-likeness (QED) is 0.759. The molecule has 0 atom stereocenters. The number of Topliss-reactive ketones (excluding diaryl/α,β-unsaturated/α-hetero) is 1. The minimum atomic E-state index is 0.0439. The van der Waals surface area contributed by atoms with E-state index in [2.05, 4.69) is 34.4 Å². The summed E-state index contributed by atoms with van der Waals surface area (Å²) in [4.78, 5) is 20.0. The van der Waals surface area contributed by atoms with E-state index in [-0.39, 0.29) is 5.78 Å². The Morgan fingerprint density at radius 2 is 2.09 bits per heavy atom. The summed E-state index contributed by atoms with van der Waals surface area (Å²) in [6, 6.07) is 9.17. The van der Waals surface area contributed by atoms with Gasteiger partial charge in [0.05, 0.1) is 0 Å². The lowest BCUT2D eigenvalue weighted by Crippen LogP contribution is -2.08. The van der Waals surface area contributed by atoms with E-state index in [1.54, 1.807) is 25.3 Å². The summed E-state index contributed by atoms with van der Waals surface area (Å²) >= 11 is 0. The average molecular weight is 298 g/mol. The molecule has 0 saturated carbocycles. The van der Waals surface area contributed by atoms with Crippen molar-refractivity contribution in [3.8, 4) is 0 Å². The number of rotatable bonds is 7. The highest BCUT2D eigenvalue weighted by atomic mass is 16.1. The molecule has 1 heterocycles. The molecule has 0 aliphatic rings. The molecule has 116 valence electrons. The lowest BCUT2D eigenvalue weighted by molar-refractivity contribution is 0.101. The predicted molar refractivity (Wildman–Crippen MR) is 89.7 cm³/mol. The first kappa shape index (κ1) is 15.9. The highest BCUT2D eigenvalue weighted by Gasteiger charge is 2.03. The molecule has 0 amide bonds. The van der Waals surface area contributed by atoms with Crippen LogP contribution in [0.5, 0.6) is 0 Å². The van der Waals surface area contributed by atoms with Gasteiger partial charge in [0.25, 0.3) is 0 Å². The maximum atomic E-state index is 11.4. The number of hydrogen-bond acceptors (Lipinski definition) is 5. The topological polar surface area (TPSA) is 66.9 Å². The van der Waals surface area contributed by atoms with Crippen LogP contribution in [0.25, 0.3) is 0 Å². The van der Waals surface area contributed by atoms with Gasteiger partial charge in [0.15, 0.2) is 5.78 Å². The highest BCUT2D eigenvalue weighted by molar-refractivity contribution is 5.95. The summed E-state index contributed by atoms with van der Waals surface area (Å²) in [5, 5.41) is 6.41. The molecule has 2 rings (SSSR count). The van der Waals surface area contributed by atoms with Crippen molar-refractivity contribution >= 4 is 23.2 Å². The molecule has 0 bridgehead atoms. The van der Waals surface area contributed by atoms with Crippen LogP contribution >= 0.6 is 0 Å². The van der Waals surface area contributed by atoms with Crippen LogP contribution in [0.1, 0.15) is 37.6 Å². The Bertz CT molecular complexity index is 640. The summed E-state index contributed by atoms with van der Waals surface area (Å²) in [5.74, 6) is 1.99. The minimum Gasteiger partial charge on any atom is -0.354 e. The van der Waals surface area contributed by atoms with Crippen molar-refractivity contribution in [1.82, 2.24) is 9.97 Å². The number of carbonyl (C=O) groups excluding carboxylic acids is 1. The van der Waals surface area contributed by atoms with Crippen LogP contribution in [0.4, 0.5) is 17.5 Å². The second-order valence-corrected chi connectivity index (χ2v) is 5.64. The second kappa shape index (κ2) is 7.54. The van der Waals surface area contributed by atoms with E-state index in [0.29, 0.717) is 23.2 Å². The van der Waals surface area contributed by atoms with E-state index in [0.717, 1.165) is 18.7 Å². The van der Waals surface area contributed by atoms with Crippen molar-refractivity contribution in [3.05, 3.63) is 42.1 Å². The van der Waals surface area contributed by atoms with Crippen LogP contribution in [0.3, 0.4) is 0 Å². The van der Waals surface area contributed by atoms with Crippen LogP contribution in [0.15, 0.2) is 36.5 Å². The first-order valence-electron chi connectivity index (χ1n) is 7.49. The third kappa shape index (κ3) is 4.84. The lowest BCUT2D eigenvalue weighted by Gasteiger charge is -2.10. The fourth-order valence-electron chi connectivity index (χ4n) is 1.95. The standard InChI is InChI=1S/C17H22N4O/c1-12(2)7-9-18-17-19-10-8-16(21-17)20-15-6-4-5-14(11-15)13(3)22/h4-6,8,10-12H,7,9H2,1-3H3,(H2,18,19,20,21). The van der Waals surface area contributed by atoms with Gasteiger partial charge in [-0.1, -0.05) is 26.0 Å². The van der Waals surface area contributed by atoms with Crippen molar-refractivity contribution in [2.24, 2.45) is 5.92 Å². The van der Waals surface area contributed by atoms with Gasteiger partial charge < -0.3 is 10.6 Å². The molecule has 0 saturated heterocycles. The number of benzene rings is 1. The van der Waals surface area contributed by atoms with Gasteiger partial charge in [-0.05, 0) is 37.5 Å². The average Bonchev–Trinajstić information content (AvgIpc) is 2.47. The van der Waals surface area contributed by atoms with E-state index < -0.39 is 0 Å². The summed E-state index contributed by atoms with van der Waals surface area (Å²) in [6.45, 7) is 6.77. The third-order valence-electron chi connectivity index (χ3n) is 3.20. The first-order chi connectivity index (χ1) is 10.5. The number of hydrogen-bond donors (Lipinski definition) is 2. The lowest BCUT2D eigenvalue weighted by atomic mass is 10.1. The van der Waals surface area contributed by atoms with Crippen LogP contribution in [-0.4, -0.2) is 22.3 Å². The van der Waals surface area contributed by atoms with Crippen molar-refractivity contribution in [1.29, 1.82) is 0 Å². The Hall–Kier alpha value is -2.43. The fourth-order valence-corrected chi connectivity index (χ4v) is 1.95. The molecule has 5 heteroatoms. The number of nitrogens with zero attached hydrogens (tertiary/aromatic N) is 2. The normalized spacial score (nSPS) is 10.5. The zero-order valence-corrected chi connectivity index (χ0v) is 13.3. The van der Waals surface area contributed by atoms with Crippen molar-refractivity contribution in [2.75, 3.05) is 17.2 Å². The molecule has 0 aliphatic carbocycles. The molecule has 5 nitrogen and oxygen atoms in total. The zero-order valence-electron chi connectivity index (χ0n) is 13.3. The van der Waals surface area contributed by atoms with Gasteiger partial charge in [-0.3, -0.25) is 4.79 Å². The van der Waals surface area contributed by atoms with Crippen molar-refractivity contribution in [3.63, 3.8) is 0 Å². The number of aromatic nitrogens is 2. The minimum absolute atomic E-state index is 0.0439. The summed E-state index contributed by atoms with van der Waals surface area (Å²) < 4.78 is 0. The van der Waals surface area contributed by atoms with E-state index >= 15 is 0 Å². The van der Waals surface area contributed by atoms with E-state index in [4.69, 9.17) is 0 Å². The van der Waals surface area contributed by atoms with Crippen molar-refractivity contribution < 1.29 is 4.79 Å². The number of carbonyl (C=O) groups is 1. The van der Waals surface area contributed by atoms with E-state index in [1.165, 1.54) is 0 Å². The Balaban J connectivity index is 2.03. The zero-order chi connectivity index (χ0) is 15.9.